The van der Waals surface area contributed by atoms with Gasteiger partial charge in [0, 0.05) is 24.3 Å². The van der Waals surface area contributed by atoms with E-state index >= 15 is 0 Å². The lowest BCUT2D eigenvalue weighted by atomic mass is 10.1. The highest BCUT2D eigenvalue weighted by Gasteiger charge is 2.27. The van der Waals surface area contributed by atoms with Crippen molar-refractivity contribution >= 4 is 17.5 Å². The highest BCUT2D eigenvalue weighted by Crippen LogP contribution is 2.29. The predicted octanol–water partition coefficient (Wildman–Crippen LogP) is 4.37. The molecule has 2 amide bonds. The molecule has 3 aromatic rings. The molecule has 3 aromatic carbocycles. The first kappa shape index (κ1) is 23.3. The molecule has 0 radical (unpaired) electrons. The Morgan fingerprint density at radius 3 is 2.50 bits per heavy atom. The fourth-order valence-electron chi connectivity index (χ4n) is 3.92. The average Bonchev–Trinajstić information content (AvgIpc) is 2.95. The van der Waals surface area contributed by atoms with E-state index in [1.807, 2.05) is 30.3 Å². The van der Waals surface area contributed by atoms with Gasteiger partial charge >= 0.3 is 0 Å². The summed E-state index contributed by atoms with van der Waals surface area (Å²) in [5.41, 5.74) is 3.29. The molecule has 0 aromatic heterocycles. The molecular formula is C27H27FN2O4. The van der Waals surface area contributed by atoms with Crippen molar-refractivity contribution in [1.82, 2.24) is 4.90 Å². The lowest BCUT2D eigenvalue weighted by Crippen LogP contribution is -2.39. The Hall–Kier alpha value is -3.87. The maximum atomic E-state index is 13.2. The summed E-state index contributed by atoms with van der Waals surface area (Å²) in [5, 5.41) is 2.93. The summed E-state index contributed by atoms with van der Waals surface area (Å²) in [5.74, 6) is 0.828. The number of hydrogen-bond acceptors (Lipinski definition) is 4. The zero-order valence-corrected chi connectivity index (χ0v) is 19.2. The van der Waals surface area contributed by atoms with Gasteiger partial charge in [-0.3, -0.25) is 9.59 Å². The van der Waals surface area contributed by atoms with Crippen LogP contribution in [-0.2, 0) is 29.0 Å². The van der Waals surface area contributed by atoms with Crippen molar-refractivity contribution in [3.8, 4) is 11.5 Å². The Bertz CT molecular complexity index is 1160. The molecule has 1 aliphatic rings. The topological polar surface area (TPSA) is 67.9 Å². The fourth-order valence-corrected chi connectivity index (χ4v) is 3.92. The Kier molecular flexibility index (Phi) is 7.11. The molecule has 0 spiro atoms. The standard InChI is InChI=1S/C27H27FN2O4/c1-18-27(32)30(14-13-19-3-7-22(28)8-4-19)17-21-16-23(9-12-25(21)34-18)29-26(31)15-20-5-10-24(33-2)11-6-20/h3-12,16,18H,13-15,17H2,1-2H3,(H,29,31)/t18-/m1/s1. The molecule has 7 heteroatoms. The van der Waals surface area contributed by atoms with Gasteiger partial charge in [0.25, 0.3) is 5.91 Å². The van der Waals surface area contributed by atoms with Crippen LogP contribution in [0.5, 0.6) is 11.5 Å². The molecular weight excluding hydrogens is 435 g/mol. The number of nitrogens with one attached hydrogen (secondary N) is 1. The molecule has 0 unspecified atom stereocenters. The molecule has 0 fully saturated rings. The third-order valence-corrected chi connectivity index (χ3v) is 5.78. The number of rotatable bonds is 7. The van der Waals surface area contributed by atoms with Gasteiger partial charge in [0.05, 0.1) is 13.5 Å². The quantitative estimate of drug-likeness (QED) is 0.566. The van der Waals surface area contributed by atoms with Crippen LogP contribution in [0, 0.1) is 5.82 Å². The first-order chi connectivity index (χ1) is 16.4. The van der Waals surface area contributed by atoms with Gasteiger partial charge in [-0.2, -0.15) is 0 Å². The minimum absolute atomic E-state index is 0.108. The molecule has 0 saturated carbocycles. The number of amides is 2. The van der Waals surface area contributed by atoms with Crippen molar-refractivity contribution in [2.45, 2.75) is 32.4 Å². The van der Waals surface area contributed by atoms with Crippen LogP contribution in [0.25, 0.3) is 0 Å². The van der Waals surface area contributed by atoms with Crippen LogP contribution in [0.2, 0.25) is 0 Å². The van der Waals surface area contributed by atoms with Crippen LogP contribution in [0.3, 0.4) is 0 Å². The second-order valence-corrected chi connectivity index (χ2v) is 8.29. The van der Waals surface area contributed by atoms with Crippen molar-refractivity contribution in [3.63, 3.8) is 0 Å². The minimum Gasteiger partial charge on any atom is -0.497 e. The second kappa shape index (κ2) is 10.4. The first-order valence-corrected chi connectivity index (χ1v) is 11.2. The number of methoxy groups -OCH3 is 1. The molecule has 1 heterocycles. The highest BCUT2D eigenvalue weighted by atomic mass is 19.1. The summed E-state index contributed by atoms with van der Waals surface area (Å²) in [6.07, 6.45) is 0.216. The number of anilines is 1. The molecule has 6 nitrogen and oxygen atoms in total. The predicted molar refractivity (Wildman–Crippen MR) is 127 cm³/mol. The lowest BCUT2D eigenvalue weighted by Gasteiger charge is -2.22. The summed E-state index contributed by atoms with van der Waals surface area (Å²) in [6, 6.07) is 19.0. The normalized spacial score (nSPS) is 15.2. The summed E-state index contributed by atoms with van der Waals surface area (Å²) < 4.78 is 24.2. The summed E-state index contributed by atoms with van der Waals surface area (Å²) in [7, 11) is 1.60. The largest absolute Gasteiger partial charge is 0.497 e. The zero-order valence-electron chi connectivity index (χ0n) is 19.2. The number of fused-ring (bicyclic) bond motifs is 1. The van der Waals surface area contributed by atoms with E-state index in [1.165, 1.54) is 12.1 Å². The zero-order chi connectivity index (χ0) is 24.1. The molecule has 1 N–H and O–H groups in total. The van der Waals surface area contributed by atoms with Crippen molar-refractivity contribution in [2.75, 3.05) is 19.0 Å². The third kappa shape index (κ3) is 5.73. The second-order valence-electron chi connectivity index (χ2n) is 8.29. The van der Waals surface area contributed by atoms with Crippen molar-refractivity contribution in [3.05, 3.63) is 89.2 Å². The van der Waals surface area contributed by atoms with E-state index in [-0.39, 0.29) is 24.1 Å². The van der Waals surface area contributed by atoms with Crippen molar-refractivity contribution < 1.29 is 23.5 Å². The highest BCUT2D eigenvalue weighted by molar-refractivity contribution is 5.92. The van der Waals surface area contributed by atoms with Gasteiger partial charge < -0.3 is 19.7 Å². The molecule has 0 bridgehead atoms. The van der Waals surface area contributed by atoms with Crippen LogP contribution in [-0.4, -0.2) is 36.5 Å². The van der Waals surface area contributed by atoms with E-state index in [1.54, 1.807) is 43.2 Å². The van der Waals surface area contributed by atoms with Gasteiger partial charge in [-0.05, 0) is 66.9 Å². The maximum absolute atomic E-state index is 13.2. The number of ether oxygens (including phenoxy) is 2. The third-order valence-electron chi connectivity index (χ3n) is 5.78. The van der Waals surface area contributed by atoms with E-state index in [4.69, 9.17) is 9.47 Å². The molecule has 1 atom stereocenters. The number of benzene rings is 3. The van der Waals surface area contributed by atoms with E-state index in [0.717, 1.165) is 22.4 Å². The summed E-state index contributed by atoms with van der Waals surface area (Å²) in [4.78, 5) is 27.2. The average molecular weight is 463 g/mol. The van der Waals surface area contributed by atoms with Gasteiger partial charge in [0.1, 0.15) is 17.3 Å². The summed E-state index contributed by atoms with van der Waals surface area (Å²) in [6.45, 7) is 2.57. The Balaban J connectivity index is 1.44. The van der Waals surface area contributed by atoms with Crippen LogP contribution in [0.4, 0.5) is 10.1 Å². The molecule has 0 saturated heterocycles. The van der Waals surface area contributed by atoms with Crippen LogP contribution < -0.4 is 14.8 Å². The molecule has 4 rings (SSSR count). The van der Waals surface area contributed by atoms with Crippen LogP contribution in [0.1, 0.15) is 23.6 Å². The number of carbonyl (C=O) groups excluding carboxylic acids is 2. The van der Waals surface area contributed by atoms with Gasteiger partial charge in [0.2, 0.25) is 5.91 Å². The SMILES string of the molecule is COc1ccc(CC(=O)Nc2ccc3c(c2)CN(CCc2ccc(F)cc2)C(=O)[C@@H](C)O3)cc1. The van der Waals surface area contributed by atoms with Gasteiger partial charge in [0.15, 0.2) is 6.10 Å². The molecule has 1 aliphatic heterocycles. The number of nitrogens with zero attached hydrogens (tertiary/aromatic N) is 1. The van der Waals surface area contributed by atoms with Gasteiger partial charge in [-0.1, -0.05) is 24.3 Å². The van der Waals surface area contributed by atoms with Crippen molar-refractivity contribution in [2.24, 2.45) is 0 Å². The Labute approximate surface area is 198 Å². The minimum atomic E-state index is -0.620. The fraction of sp³-hybridized carbons (Fsp3) is 0.259. The first-order valence-electron chi connectivity index (χ1n) is 11.2. The van der Waals surface area contributed by atoms with Gasteiger partial charge in [-0.15, -0.1) is 0 Å². The Morgan fingerprint density at radius 2 is 1.79 bits per heavy atom. The van der Waals surface area contributed by atoms with E-state index in [2.05, 4.69) is 5.32 Å². The monoisotopic (exact) mass is 462 g/mol. The van der Waals surface area contributed by atoms with E-state index in [9.17, 15) is 14.0 Å². The maximum Gasteiger partial charge on any atom is 0.263 e. The van der Waals surface area contributed by atoms with E-state index < -0.39 is 6.10 Å². The number of carbonyl (C=O) groups is 2. The molecule has 0 aliphatic carbocycles. The number of halogens is 1. The molecule has 176 valence electrons. The van der Waals surface area contributed by atoms with Gasteiger partial charge in [-0.25, -0.2) is 4.39 Å². The molecule has 34 heavy (non-hydrogen) atoms. The lowest BCUT2D eigenvalue weighted by molar-refractivity contribution is -0.137. The Morgan fingerprint density at radius 1 is 1.09 bits per heavy atom. The van der Waals surface area contributed by atoms with Crippen LogP contribution in [0.15, 0.2) is 66.7 Å². The number of hydrogen-bond donors (Lipinski definition) is 1. The smallest absolute Gasteiger partial charge is 0.263 e. The van der Waals surface area contributed by atoms with Crippen molar-refractivity contribution in [1.29, 1.82) is 0 Å². The van der Waals surface area contributed by atoms with E-state index in [0.29, 0.717) is 30.9 Å². The van der Waals surface area contributed by atoms with Crippen LogP contribution >= 0.6 is 0 Å². The summed E-state index contributed by atoms with van der Waals surface area (Å²) >= 11 is 0.